The SMILES string of the molecule is Cc1ccccc1OCC(=O)NC(=S)Nc1cc(Cl)ccc1N1CCN(C(=O)c2ccccc2F)CC1. The van der Waals surface area contributed by atoms with Crippen LogP contribution >= 0.6 is 23.8 Å². The summed E-state index contributed by atoms with van der Waals surface area (Å²) in [5.74, 6) is -0.631. The summed E-state index contributed by atoms with van der Waals surface area (Å²) >= 11 is 11.6. The molecule has 1 saturated heterocycles. The highest BCUT2D eigenvalue weighted by atomic mass is 35.5. The molecule has 0 radical (unpaired) electrons. The third-order valence-corrected chi connectivity index (χ3v) is 6.36. The first-order valence-corrected chi connectivity index (χ1v) is 12.5. The molecule has 37 heavy (non-hydrogen) atoms. The molecule has 3 aromatic carbocycles. The maximum absolute atomic E-state index is 14.1. The molecule has 1 aliphatic heterocycles. The van der Waals surface area contributed by atoms with E-state index in [0.29, 0.717) is 42.6 Å². The highest BCUT2D eigenvalue weighted by Crippen LogP contribution is 2.30. The summed E-state index contributed by atoms with van der Waals surface area (Å²) in [5, 5.41) is 6.27. The molecule has 7 nitrogen and oxygen atoms in total. The number of halogens is 2. The average Bonchev–Trinajstić information content (AvgIpc) is 2.88. The van der Waals surface area contributed by atoms with Gasteiger partial charge in [-0.15, -0.1) is 0 Å². The molecule has 0 atom stereocenters. The van der Waals surface area contributed by atoms with E-state index in [1.807, 2.05) is 31.2 Å². The summed E-state index contributed by atoms with van der Waals surface area (Å²) in [6, 6.07) is 18.7. The zero-order valence-electron chi connectivity index (χ0n) is 20.2. The molecule has 192 valence electrons. The van der Waals surface area contributed by atoms with Gasteiger partial charge in [0, 0.05) is 31.2 Å². The zero-order chi connectivity index (χ0) is 26.4. The molecule has 0 unspecified atom stereocenters. The summed E-state index contributed by atoms with van der Waals surface area (Å²) in [5.41, 5.74) is 2.43. The van der Waals surface area contributed by atoms with Gasteiger partial charge in [-0.3, -0.25) is 14.9 Å². The number of aryl methyl sites for hydroxylation is 1. The molecule has 0 aliphatic carbocycles. The number of amides is 2. The fourth-order valence-electron chi connectivity index (χ4n) is 4.02. The minimum atomic E-state index is -0.529. The first kappa shape index (κ1) is 26.4. The topological polar surface area (TPSA) is 73.9 Å². The maximum Gasteiger partial charge on any atom is 0.264 e. The number of thiocarbonyl (C=S) groups is 1. The predicted molar refractivity (Wildman–Crippen MR) is 147 cm³/mol. The van der Waals surface area contributed by atoms with Crippen molar-refractivity contribution in [3.05, 3.63) is 88.7 Å². The van der Waals surface area contributed by atoms with Crippen LogP contribution in [-0.4, -0.2) is 54.6 Å². The summed E-state index contributed by atoms with van der Waals surface area (Å²) < 4.78 is 19.6. The lowest BCUT2D eigenvalue weighted by Gasteiger charge is -2.37. The molecule has 2 amide bonds. The van der Waals surface area contributed by atoms with Gasteiger partial charge in [-0.05, 0) is 61.1 Å². The molecule has 1 aliphatic rings. The first-order valence-electron chi connectivity index (χ1n) is 11.7. The smallest absolute Gasteiger partial charge is 0.264 e. The van der Waals surface area contributed by atoms with Gasteiger partial charge >= 0.3 is 0 Å². The van der Waals surface area contributed by atoms with Crippen LogP contribution in [0.25, 0.3) is 0 Å². The first-order chi connectivity index (χ1) is 17.8. The van der Waals surface area contributed by atoms with Crippen molar-refractivity contribution < 1.29 is 18.7 Å². The van der Waals surface area contributed by atoms with E-state index in [1.54, 1.807) is 35.2 Å². The Kier molecular flexibility index (Phi) is 8.58. The van der Waals surface area contributed by atoms with Gasteiger partial charge in [0.1, 0.15) is 11.6 Å². The van der Waals surface area contributed by atoms with E-state index in [9.17, 15) is 14.0 Å². The molecular weight excluding hydrogens is 515 g/mol. The van der Waals surface area contributed by atoms with Gasteiger partial charge in [0.05, 0.1) is 16.9 Å². The van der Waals surface area contributed by atoms with E-state index in [-0.39, 0.29) is 23.2 Å². The van der Waals surface area contributed by atoms with Crippen molar-refractivity contribution in [1.29, 1.82) is 0 Å². The molecule has 0 aromatic heterocycles. The fraction of sp³-hybridized carbons (Fsp3) is 0.222. The minimum absolute atomic E-state index is 0.0669. The van der Waals surface area contributed by atoms with Crippen molar-refractivity contribution >= 4 is 52.1 Å². The second kappa shape index (κ2) is 12.0. The number of ether oxygens (including phenoxy) is 1. The molecule has 2 N–H and O–H groups in total. The molecule has 10 heteroatoms. The Balaban J connectivity index is 1.35. The van der Waals surface area contributed by atoms with Gasteiger partial charge in [-0.2, -0.15) is 0 Å². The Morgan fingerprint density at radius 1 is 1.03 bits per heavy atom. The number of hydrogen-bond donors (Lipinski definition) is 2. The number of benzene rings is 3. The van der Waals surface area contributed by atoms with Crippen molar-refractivity contribution in [3.8, 4) is 5.75 Å². The number of nitrogens with one attached hydrogen (secondary N) is 2. The number of anilines is 2. The van der Waals surface area contributed by atoms with Gasteiger partial charge in [0.15, 0.2) is 11.7 Å². The van der Waals surface area contributed by atoms with E-state index in [1.165, 1.54) is 12.1 Å². The van der Waals surface area contributed by atoms with Gasteiger partial charge in [0.2, 0.25) is 0 Å². The number of piperazine rings is 1. The fourth-order valence-corrected chi connectivity index (χ4v) is 4.41. The van der Waals surface area contributed by atoms with Crippen molar-refractivity contribution in [1.82, 2.24) is 10.2 Å². The normalized spacial score (nSPS) is 13.2. The molecule has 0 spiro atoms. The van der Waals surface area contributed by atoms with E-state index in [2.05, 4.69) is 15.5 Å². The molecule has 1 fully saturated rings. The number of hydrogen-bond acceptors (Lipinski definition) is 5. The largest absolute Gasteiger partial charge is 0.483 e. The summed E-state index contributed by atoms with van der Waals surface area (Å²) in [7, 11) is 0. The van der Waals surface area contributed by atoms with Crippen LogP contribution in [0, 0.1) is 12.7 Å². The average molecular weight is 541 g/mol. The van der Waals surface area contributed by atoms with Crippen molar-refractivity contribution in [2.75, 3.05) is 43.0 Å². The van der Waals surface area contributed by atoms with E-state index in [4.69, 9.17) is 28.6 Å². The standard InChI is InChI=1S/C27H26ClFN4O3S/c1-18-6-2-5-9-24(18)36-17-25(34)31-27(37)30-22-16-19(28)10-11-23(22)32-12-14-33(15-13-32)26(35)20-7-3-4-8-21(20)29/h2-11,16H,12-15,17H2,1H3,(H2,30,31,34,37). The molecule has 3 aromatic rings. The van der Waals surface area contributed by atoms with Crippen LogP contribution in [0.2, 0.25) is 5.02 Å². The van der Waals surface area contributed by atoms with Crippen LogP contribution in [0.3, 0.4) is 0 Å². The number of para-hydroxylation sites is 1. The second-order valence-corrected chi connectivity index (χ2v) is 9.32. The molecule has 1 heterocycles. The Morgan fingerprint density at radius 3 is 2.46 bits per heavy atom. The number of carbonyl (C=O) groups excluding carboxylic acids is 2. The van der Waals surface area contributed by atoms with Crippen molar-refractivity contribution in [2.45, 2.75) is 6.92 Å². The van der Waals surface area contributed by atoms with E-state index < -0.39 is 11.7 Å². The van der Waals surface area contributed by atoms with Gasteiger partial charge in [0.25, 0.3) is 11.8 Å². The van der Waals surface area contributed by atoms with Crippen LogP contribution in [0.15, 0.2) is 66.7 Å². The Labute approximate surface area is 225 Å². The van der Waals surface area contributed by atoms with Crippen LogP contribution in [0.1, 0.15) is 15.9 Å². The molecule has 0 saturated carbocycles. The summed E-state index contributed by atoms with van der Waals surface area (Å²) in [4.78, 5) is 28.8. The third-order valence-electron chi connectivity index (χ3n) is 5.92. The summed E-state index contributed by atoms with van der Waals surface area (Å²) in [6.45, 7) is 3.61. The van der Waals surface area contributed by atoms with E-state index in [0.717, 1.165) is 11.3 Å². The predicted octanol–water partition coefficient (Wildman–Crippen LogP) is 4.64. The highest BCUT2D eigenvalue weighted by molar-refractivity contribution is 7.80. The highest BCUT2D eigenvalue weighted by Gasteiger charge is 2.25. The minimum Gasteiger partial charge on any atom is -0.483 e. The number of carbonyl (C=O) groups is 2. The lowest BCUT2D eigenvalue weighted by atomic mass is 10.1. The van der Waals surface area contributed by atoms with Gasteiger partial charge in [-0.25, -0.2) is 4.39 Å². The molecule has 0 bridgehead atoms. The van der Waals surface area contributed by atoms with Gasteiger partial charge in [-0.1, -0.05) is 41.9 Å². The quantitative estimate of drug-likeness (QED) is 0.444. The number of nitrogens with zero attached hydrogens (tertiary/aromatic N) is 2. The lowest BCUT2D eigenvalue weighted by Crippen LogP contribution is -2.49. The van der Waals surface area contributed by atoms with Crippen LogP contribution < -0.4 is 20.3 Å². The Bertz CT molecular complexity index is 1310. The molecular formula is C27H26ClFN4O3S. The van der Waals surface area contributed by atoms with Crippen LogP contribution in [0.4, 0.5) is 15.8 Å². The Morgan fingerprint density at radius 2 is 1.73 bits per heavy atom. The maximum atomic E-state index is 14.1. The Hall–Kier alpha value is -3.69. The lowest BCUT2D eigenvalue weighted by molar-refractivity contribution is -0.121. The molecule has 4 rings (SSSR count). The van der Waals surface area contributed by atoms with Crippen molar-refractivity contribution in [3.63, 3.8) is 0 Å². The van der Waals surface area contributed by atoms with E-state index >= 15 is 0 Å². The second-order valence-electron chi connectivity index (χ2n) is 8.48. The monoisotopic (exact) mass is 540 g/mol. The zero-order valence-corrected chi connectivity index (χ0v) is 21.7. The third kappa shape index (κ3) is 6.75. The number of rotatable bonds is 6. The van der Waals surface area contributed by atoms with Crippen LogP contribution in [0.5, 0.6) is 5.75 Å². The summed E-state index contributed by atoms with van der Waals surface area (Å²) in [6.07, 6.45) is 0. The van der Waals surface area contributed by atoms with Gasteiger partial charge < -0.3 is 19.9 Å². The van der Waals surface area contributed by atoms with Crippen molar-refractivity contribution in [2.24, 2.45) is 0 Å². The van der Waals surface area contributed by atoms with Crippen LogP contribution in [-0.2, 0) is 4.79 Å².